The minimum Gasteiger partial charge on any atom is -0.309 e. The third kappa shape index (κ3) is 4.42. The zero-order valence-electron chi connectivity index (χ0n) is 26.4. The smallest absolute Gasteiger partial charge is 0.100 e. The van der Waals surface area contributed by atoms with Gasteiger partial charge in [-0.1, -0.05) is 127 Å². The van der Waals surface area contributed by atoms with Crippen LogP contribution in [-0.4, -0.2) is 4.57 Å². The number of hydrogen-bond acceptors (Lipinski definition) is 2. The van der Waals surface area contributed by atoms with Gasteiger partial charge in [0.15, 0.2) is 0 Å². The molecule has 0 N–H and O–H groups in total. The Morgan fingerprint density at radius 1 is 0.388 bits per heavy atom. The van der Waals surface area contributed by atoms with Gasteiger partial charge in [-0.2, -0.15) is 10.5 Å². The molecule has 49 heavy (non-hydrogen) atoms. The van der Waals surface area contributed by atoms with Gasteiger partial charge in [0.1, 0.15) is 6.07 Å². The fraction of sp³-hybridized carbons (Fsp3) is 0. The molecule has 0 aliphatic carbocycles. The molecule has 1 heterocycles. The molecule has 0 aliphatic rings. The SMILES string of the molecule is N#Cc1ccc2c(c1)c1ccccc1n2-c1cccc(-c2cccc(-c3c4ccccc4c(-c4ccccc4)c4ccccc34)c2C#N)c1. The zero-order valence-corrected chi connectivity index (χ0v) is 26.4. The second kappa shape index (κ2) is 11.4. The van der Waals surface area contributed by atoms with Crippen molar-refractivity contribution >= 4 is 43.4 Å². The van der Waals surface area contributed by atoms with E-state index in [-0.39, 0.29) is 0 Å². The average molecular weight is 622 g/mol. The van der Waals surface area contributed by atoms with Crippen molar-refractivity contribution < 1.29 is 0 Å². The summed E-state index contributed by atoms with van der Waals surface area (Å²) in [6.45, 7) is 0. The van der Waals surface area contributed by atoms with Gasteiger partial charge in [-0.15, -0.1) is 0 Å². The molecule has 0 atom stereocenters. The van der Waals surface area contributed by atoms with Gasteiger partial charge in [-0.3, -0.25) is 0 Å². The normalized spacial score (nSPS) is 11.2. The number of hydrogen-bond donors (Lipinski definition) is 0. The van der Waals surface area contributed by atoms with Gasteiger partial charge in [0.25, 0.3) is 0 Å². The topological polar surface area (TPSA) is 52.5 Å². The minimum atomic E-state index is 0.636. The molecule has 3 nitrogen and oxygen atoms in total. The summed E-state index contributed by atoms with van der Waals surface area (Å²) < 4.78 is 2.24. The number of aromatic nitrogens is 1. The Bertz CT molecular complexity index is 2790. The molecular formula is C46H27N3. The lowest BCUT2D eigenvalue weighted by Crippen LogP contribution is -1.96. The Hall–Kier alpha value is -6.94. The van der Waals surface area contributed by atoms with E-state index in [2.05, 4.69) is 144 Å². The standard InChI is InChI=1S/C46H27N3/c47-28-30-24-25-44-41(26-30)35-16-8-9-23-43(35)49(44)33-15-10-14-32(27-33)34-21-11-22-40(42(34)29-48)46-38-19-6-4-17-36(38)45(31-12-2-1-3-13-31)37-18-5-7-20-39(37)46/h1-27H. The quantitative estimate of drug-likeness (QED) is 0.184. The molecule has 8 aromatic carbocycles. The fourth-order valence-electron chi connectivity index (χ4n) is 7.59. The molecule has 0 fully saturated rings. The number of fused-ring (bicyclic) bond motifs is 5. The molecule has 0 aliphatic heterocycles. The molecule has 9 aromatic rings. The molecule has 0 bridgehead atoms. The number of para-hydroxylation sites is 1. The van der Waals surface area contributed by atoms with Crippen LogP contribution in [0.4, 0.5) is 0 Å². The van der Waals surface area contributed by atoms with Crippen LogP contribution in [0, 0.1) is 22.7 Å². The van der Waals surface area contributed by atoms with E-state index < -0.39 is 0 Å². The van der Waals surface area contributed by atoms with Gasteiger partial charge < -0.3 is 4.57 Å². The van der Waals surface area contributed by atoms with E-state index in [9.17, 15) is 10.5 Å². The Kier molecular flexibility index (Phi) is 6.58. The van der Waals surface area contributed by atoms with E-state index in [1.807, 2.05) is 36.4 Å². The van der Waals surface area contributed by atoms with Crippen molar-refractivity contribution in [3.05, 3.63) is 175 Å². The van der Waals surface area contributed by atoms with Gasteiger partial charge in [0.05, 0.1) is 28.2 Å². The van der Waals surface area contributed by atoms with Crippen LogP contribution in [0.25, 0.3) is 82.4 Å². The maximum Gasteiger partial charge on any atom is 0.100 e. The molecule has 0 radical (unpaired) electrons. The number of benzene rings is 8. The zero-order chi connectivity index (χ0) is 32.9. The lowest BCUT2D eigenvalue weighted by atomic mass is 9.83. The predicted molar refractivity (Wildman–Crippen MR) is 202 cm³/mol. The molecule has 0 saturated heterocycles. The molecule has 1 aromatic heterocycles. The Balaban J connectivity index is 1.29. The van der Waals surface area contributed by atoms with Crippen LogP contribution in [-0.2, 0) is 0 Å². The minimum absolute atomic E-state index is 0.636. The molecule has 3 heteroatoms. The summed E-state index contributed by atoms with van der Waals surface area (Å²) >= 11 is 0. The van der Waals surface area contributed by atoms with Crippen molar-refractivity contribution in [2.45, 2.75) is 0 Å². The van der Waals surface area contributed by atoms with Gasteiger partial charge >= 0.3 is 0 Å². The largest absolute Gasteiger partial charge is 0.309 e. The molecule has 226 valence electrons. The van der Waals surface area contributed by atoms with Crippen LogP contribution < -0.4 is 0 Å². The fourth-order valence-corrected chi connectivity index (χ4v) is 7.59. The Morgan fingerprint density at radius 3 is 1.65 bits per heavy atom. The number of nitrogens with zero attached hydrogens (tertiary/aromatic N) is 3. The summed E-state index contributed by atoms with van der Waals surface area (Å²) in [5.41, 5.74) is 10.6. The van der Waals surface area contributed by atoms with Crippen LogP contribution in [0.1, 0.15) is 11.1 Å². The second-order valence-corrected chi connectivity index (χ2v) is 12.3. The van der Waals surface area contributed by atoms with Gasteiger partial charge in [0.2, 0.25) is 0 Å². The first-order valence-electron chi connectivity index (χ1n) is 16.3. The van der Waals surface area contributed by atoms with Crippen molar-refractivity contribution in [1.29, 1.82) is 10.5 Å². The van der Waals surface area contributed by atoms with Crippen LogP contribution >= 0.6 is 0 Å². The van der Waals surface area contributed by atoms with Crippen LogP contribution in [0.3, 0.4) is 0 Å². The van der Waals surface area contributed by atoms with Crippen LogP contribution in [0.15, 0.2) is 164 Å². The first kappa shape index (κ1) is 28.3. The van der Waals surface area contributed by atoms with E-state index in [4.69, 9.17) is 0 Å². The van der Waals surface area contributed by atoms with Crippen molar-refractivity contribution in [3.63, 3.8) is 0 Å². The first-order valence-corrected chi connectivity index (χ1v) is 16.3. The van der Waals surface area contributed by atoms with E-state index >= 15 is 0 Å². The highest BCUT2D eigenvalue weighted by Gasteiger charge is 2.21. The van der Waals surface area contributed by atoms with E-state index in [1.54, 1.807) is 0 Å². The van der Waals surface area contributed by atoms with Gasteiger partial charge in [0, 0.05) is 27.6 Å². The summed E-state index contributed by atoms with van der Waals surface area (Å²) in [5, 5.41) is 27.2. The maximum atomic E-state index is 10.9. The third-order valence-corrected chi connectivity index (χ3v) is 9.66. The highest BCUT2D eigenvalue weighted by molar-refractivity contribution is 6.22. The summed E-state index contributed by atoms with van der Waals surface area (Å²) in [7, 11) is 0. The monoisotopic (exact) mass is 621 g/mol. The van der Waals surface area contributed by atoms with E-state index in [0.717, 1.165) is 71.3 Å². The summed E-state index contributed by atoms with van der Waals surface area (Å²) in [6.07, 6.45) is 0. The van der Waals surface area contributed by atoms with Crippen molar-refractivity contribution in [3.8, 4) is 51.2 Å². The molecular weight excluding hydrogens is 595 g/mol. The van der Waals surface area contributed by atoms with Crippen molar-refractivity contribution in [1.82, 2.24) is 4.57 Å². The molecule has 0 unspecified atom stereocenters. The lowest BCUT2D eigenvalue weighted by Gasteiger charge is -2.19. The lowest BCUT2D eigenvalue weighted by molar-refractivity contribution is 1.18. The first-order chi connectivity index (χ1) is 24.2. The Labute approximate surface area is 283 Å². The third-order valence-electron chi connectivity index (χ3n) is 9.66. The van der Waals surface area contributed by atoms with E-state index in [0.29, 0.717) is 11.1 Å². The summed E-state index contributed by atoms with van der Waals surface area (Å²) in [4.78, 5) is 0. The second-order valence-electron chi connectivity index (χ2n) is 12.3. The maximum absolute atomic E-state index is 10.9. The van der Waals surface area contributed by atoms with Gasteiger partial charge in [-0.05, 0) is 80.2 Å². The summed E-state index contributed by atoms with van der Waals surface area (Å²) in [6, 6.07) is 61.3. The average Bonchev–Trinajstić information content (AvgIpc) is 3.50. The van der Waals surface area contributed by atoms with Crippen LogP contribution in [0.5, 0.6) is 0 Å². The molecule has 0 spiro atoms. The highest BCUT2D eigenvalue weighted by atomic mass is 15.0. The number of rotatable bonds is 4. The van der Waals surface area contributed by atoms with Gasteiger partial charge in [-0.25, -0.2) is 0 Å². The molecule has 9 rings (SSSR count). The molecule has 0 amide bonds. The Morgan fingerprint density at radius 2 is 0.959 bits per heavy atom. The predicted octanol–water partition coefficient (Wildman–Crippen LogP) is 11.8. The van der Waals surface area contributed by atoms with Crippen molar-refractivity contribution in [2.75, 3.05) is 0 Å². The van der Waals surface area contributed by atoms with Crippen molar-refractivity contribution in [2.24, 2.45) is 0 Å². The van der Waals surface area contributed by atoms with E-state index in [1.165, 1.54) is 11.1 Å². The highest BCUT2D eigenvalue weighted by Crippen LogP contribution is 2.45. The number of nitriles is 2. The van der Waals surface area contributed by atoms with Crippen LogP contribution in [0.2, 0.25) is 0 Å². The summed E-state index contributed by atoms with van der Waals surface area (Å²) in [5.74, 6) is 0. The molecule has 0 saturated carbocycles.